The minimum atomic E-state index is -3.76. The highest BCUT2D eigenvalue weighted by molar-refractivity contribution is 7.94. The molecule has 5 rings (SSSR count). The van der Waals surface area contributed by atoms with E-state index in [1.54, 1.807) is 35.7 Å². The van der Waals surface area contributed by atoms with Crippen LogP contribution in [0.5, 0.6) is 0 Å². The Hall–Kier alpha value is -3.70. The fraction of sp³-hybridized carbons (Fsp3) is 0.167. The average molecular weight is 513 g/mol. The highest BCUT2D eigenvalue weighted by Crippen LogP contribution is 2.29. The van der Waals surface area contributed by atoms with Gasteiger partial charge in [-0.3, -0.25) is 4.72 Å². The Morgan fingerprint density at radius 2 is 1.71 bits per heavy atom. The molecule has 1 saturated heterocycles. The lowest BCUT2D eigenvalue weighted by Crippen LogP contribution is -2.46. The van der Waals surface area contributed by atoms with Crippen LogP contribution in [0.2, 0.25) is 0 Å². The topological polar surface area (TPSA) is 103 Å². The minimum Gasteiger partial charge on any atom is -0.478 e. The van der Waals surface area contributed by atoms with Gasteiger partial charge in [0.1, 0.15) is 15.8 Å². The molecule has 3 heterocycles. The summed E-state index contributed by atoms with van der Waals surface area (Å²) in [5.41, 5.74) is 1.69. The van der Waals surface area contributed by atoms with Crippen molar-refractivity contribution in [2.45, 2.75) is 4.21 Å². The SMILES string of the molecule is O=C(O)c1cc(N2CCN(c3ccc(F)cc3)CC2)nc2ccc(NS(=O)(=O)c3cccs3)cc12. The third-order valence-corrected chi connectivity index (χ3v) is 8.61. The lowest BCUT2D eigenvalue weighted by Gasteiger charge is -2.37. The van der Waals surface area contributed by atoms with Gasteiger partial charge in [0.15, 0.2) is 0 Å². The van der Waals surface area contributed by atoms with Gasteiger partial charge >= 0.3 is 5.97 Å². The van der Waals surface area contributed by atoms with Crippen molar-refractivity contribution in [3.63, 3.8) is 0 Å². The van der Waals surface area contributed by atoms with Gasteiger partial charge in [0.05, 0.1) is 11.1 Å². The molecule has 0 spiro atoms. The largest absolute Gasteiger partial charge is 0.478 e. The molecule has 4 aromatic rings. The summed E-state index contributed by atoms with van der Waals surface area (Å²) in [6.45, 7) is 2.59. The van der Waals surface area contributed by atoms with Gasteiger partial charge in [-0.25, -0.2) is 22.6 Å². The molecule has 1 aliphatic heterocycles. The number of aromatic carboxylic acids is 1. The second-order valence-corrected chi connectivity index (χ2v) is 10.9. The number of benzene rings is 2. The number of anilines is 3. The number of carboxylic acid groups (broad SMARTS) is 1. The van der Waals surface area contributed by atoms with Gasteiger partial charge in [-0.1, -0.05) is 6.07 Å². The summed E-state index contributed by atoms with van der Waals surface area (Å²) >= 11 is 1.10. The Labute approximate surface area is 205 Å². The third-order valence-electron chi connectivity index (χ3n) is 5.83. The molecule has 11 heteroatoms. The molecule has 0 amide bonds. The van der Waals surface area contributed by atoms with Crippen molar-refractivity contribution < 1.29 is 22.7 Å². The van der Waals surface area contributed by atoms with Gasteiger partial charge in [-0.2, -0.15) is 0 Å². The van der Waals surface area contributed by atoms with E-state index in [9.17, 15) is 22.7 Å². The summed E-state index contributed by atoms with van der Waals surface area (Å²) in [6, 6.07) is 15.7. The fourth-order valence-corrected chi connectivity index (χ4v) is 6.12. The van der Waals surface area contributed by atoms with Crippen molar-refractivity contribution in [3.05, 3.63) is 77.4 Å². The maximum absolute atomic E-state index is 13.2. The van der Waals surface area contributed by atoms with E-state index >= 15 is 0 Å². The number of hydrogen-bond acceptors (Lipinski definition) is 7. The van der Waals surface area contributed by atoms with Crippen molar-refractivity contribution in [1.29, 1.82) is 0 Å². The van der Waals surface area contributed by atoms with E-state index in [0.717, 1.165) is 17.0 Å². The van der Waals surface area contributed by atoms with Crippen molar-refractivity contribution in [3.8, 4) is 0 Å². The molecular formula is C24H21FN4O4S2. The molecule has 0 radical (unpaired) electrons. The van der Waals surface area contributed by atoms with E-state index < -0.39 is 16.0 Å². The monoisotopic (exact) mass is 512 g/mol. The first-order valence-corrected chi connectivity index (χ1v) is 13.2. The van der Waals surface area contributed by atoms with Gasteiger partial charge in [0.2, 0.25) is 0 Å². The highest BCUT2D eigenvalue weighted by Gasteiger charge is 2.22. The van der Waals surface area contributed by atoms with Crippen LogP contribution in [0.15, 0.2) is 70.3 Å². The number of carbonyl (C=O) groups is 1. The Balaban J connectivity index is 1.40. The lowest BCUT2D eigenvalue weighted by atomic mass is 10.1. The zero-order chi connectivity index (χ0) is 24.6. The van der Waals surface area contributed by atoms with Crippen LogP contribution in [0.1, 0.15) is 10.4 Å². The van der Waals surface area contributed by atoms with E-state index in [1.165, 1.54) is 30.3 Å². The quantitative estimate of drug-likeness (QED) is 0.398. The van der Waals surface area contributed by atoms with E-state index in [4.69, 9.17) is 0 Å². The molecule has 0 aliphatic carbocycles. The predicted octanol–water partition coefficient (Wildman–Crippen LogP) is 4.26. The molecule has 2 N–H and O–H groups in total. The Morgan fingerprint density at radius 3 is 2.37 bits per heavy atom. The van der Waals surface area contributed by atoms with Crippen molar-refractivity contribution in [2.24, 2.45) is 0 Å². The first kappa shape index (κ1) is 23.1. The average Bonchev–Trinajstić information content (AvgIpc) is 3.40. The van der Waals surface area contributed by atoms with Gasteiger partial charge in [-0.15, -0.1) is 11.3 Å². The van der Waals surface area contributed by atoms with E-state index in [1.807, 2.05) is 4.90 Å². The van der Waals surface area contributed by atoms with Crippen molar-refractivity contribution in [2.75, 3.05) is 40.7 Å². The van der Waals surface area contributed by atoms with Gasteiger partial charge in [0, 0.05) is 42.9 Å². The number of pyridine rings is 1. The van der Waals surface area contributed by atoms with Gasteiger partial charge in [0.25, 0.3) is 10.0 Å². The number of nitrogens with zero attached hydrogens (tertiary/aromatic N) is 3. The van der Waals surface area contributed by atoms with Gasteiger partial charge < -0.3 is 14.9 Å². The van der Waals surface area contributed by atoms with Crippen LogP contribution in [0, 0.1) is 5.82 Å². The number of fused-ring (bicyclic) bond motifs is 1. The van der Waals surface area contributed by atoms with Crippen LogP contribution in [0.4, 0.5) is 21.6 Å². The summed E-state index contributed by atoms with van der Waals surface area (Å²) in [5.74, 6) is -0.862. The van der Waals surface area contributed by atoms with Crippen LogP contribution in [-0.4, -0.2) is 50.7 Å². The zero-order valence-electron chi connectivity index (χ0n) is 18.4. The third kappa shape index (κ3) is 4.77. The standard InChI is InChI=1S/C24H21FN4O4S2/c25-16-3-6-18(7-4-16)28-9-11-29(12-10-28)22-15-20(24(30)31)19-14-17(5-8-21(19)26-22)27-35(32,33)23-2-1-13-34-23/h1-8,13-15,27H,9-12H2,(H,30,31). The minimum absolute atomic E-state index is 0.0446. The molecule has 2 aromatic carbocycles. The molecule has 1 fully saturated rings. The smallest absolute Gasteiger partial charge is 0.336 e. The number of nitrogens with one attached hydrogen (secondary N) is 1. The van der Waals surface area contributed by atoms with Crippen LogP contribution >= 0.6 is 11.3 Å². The first-order valence-electron chi connectivity index (χ1n) is 10.8. The molecule has 8 nitrogen and oxygen atoms in total. The second kappa shape index (κ2) is 9.16. The number of hydrogen-bond donors (Lipinski definition) is 2. The highest BCUT2D eigenvalue weighted by atomic mass is 32.2. The number of aromatic nitrogens is 1. The number of piperazine rings is 1. The van der Waals surface area contributed by atoms with Crippen LogP contribution < -0.4 is 14.5 Å². The zero-order valence-corrected chi connectivity index (χ0v) is 20.0. The predicted molar refractivity (Wildman–Crippen MR) is 135 cm³/mol. The number of rotatable bonds is 6. The first-order chi connectivity index (χ1) is 16.8. The molecular weight excluding hydrogens is 491 g/mol. The summed E-state index contributed by atoms with van der Waals surface area (Å²) in [7, 11) is -3.76. The summed E-state index contributed by atoms with van der Waals surface area (Å²) in [4.78, 5) is 20.9. The van der Waals surface area contributed by atoms with Crippen LogP contribution in [0.3, 0.4) is 0 Å². The number of carboxylic acids is 1. The molecule has 35 heavy (non-hydrogen) atoms. The number of halogens is 1. The Bertz CT molecular complexity index is 1480. The number of sulfonamides is 1. The second-order valence-electron chi connectivity index (χ2n) is 8.05. The molecule has 0 unspecified atom stereocenters. The molecule has 0 bridgehead atoms. The van der Waals surface area contributed by atoms with Crippen LogP contribution in [-0.2, 0) is 10.0 Å². The van der Waals surface area contributed by atoms with E-state index in [2.05, 4.69) is 14.6 Å². The van der Waals surface area contributed by atoms with Crippen molar-refractivity contribution in [1.82, 2.24) is 4.98 Å². The molecule has 0 atom stereocenters. The maximum Gasteiger partial charge on any atom is 0.336 e. The maximum atomic E-state index is 13.2. The van der Waals surface area contributed by atoms with Crippen LogP contribution in [0.25, 0.3) is 10.9 Å². The van der Waals surface area contributed by atoms with Crippen molar-refractivity contribution >= 4 is 55.4 Å². The normalized spacial score (nSPS) is 14.3. The summed E-state index contributed by atoms with van der Waals surface area (Å²) in [5, 5.41) is 11.9. The fourth-order valence-electron chi connectivity index (χ4n) is 4.08. The van der Waals surface area contributed by atoms with E-state index in [0.29, 0.717) is 42.9 Å². The summed E-state index contributed by atoms with van der Waals surface area (Å²) < 4.78 is 41.0. The number of thiophene rings is 1. The molecule has 2 aromatic heterocycles. The Kier molecular flexibility index (Phi) is 6.03. The lowest BCUT2D eigenvalue weighted by molar-refractivity contribution is 0.0699. The Morgan fingerprint density at radius 1 is 1.00 bits per heavy atom. The summed E-state index contributed by atoms with van der Waals surface area (Å²) in [6.07, 6.45) is 0. The van der Waals surface area contributed by atoms with E-state index in [-0.39, 0.29) is 21.3 Å². The molecule has 1 aliphatic rings. The molecule has 0 saturated carbocycles. The van der Waals surface area contributed by atoms with Gasteiger partial charge in [-0.05, 0) is 60.0 Å². The molecule has 180 valence electrons.